The smallest absolute Gasteiger partial charge is 0.326 e. The summed E-state index contributed by atoms with van der Waals surface area (Å²) in [5.41, 5.74) is 12.0. The fraction of sp³-hybridized carbons (Fsp3) is 0.500. The Morgan fingerprint density at radius 2 is 1.52 bits per heavy atom. The largest absolute Gasteiger partial charge is 0.508 e. The molecule has 0 aliphatic rings. The minimum Gasteiger partial charge on any atom is -0.508 e. The maximum Gasteiger partial charge on any atom is 0.326 e. The van der Waals surface area contributed by atoms with E-state index in [0.29, 0.717) is 24.9 Å². The summed E-state index contributed by atoms with van der Waals surface area (Å²) < 4.78 is 0. The van der Waals surface area contributed by atoms with Gasteiger partial charge in [0.1, 0.15) is 17.8 Å². The van der Waals surface area contributed by atoms with Gasteiger partial charge >= 0.3 is 11.9 Å². The number of hydrogen-bond acceptors (Lipinski definition) is 7. The maximum absolute atomic E-state index is 12.6. The molecule has 3 unspecified atom stereocenters. The first-order valence-electron chi connectivity index (χ1n) is 9.93. The second kappa shape index (κ2) is 13.2. The number of phenolic OH excluding ortho intramolecular Hbond substituents is 1. The molecule has 2 amide bonds. The Morgan fingerprint density at radius 1 is 0.903 bits per heavy atom. The van der Waals surface area contributed by atoms with Crippen LogP contribution < -0.4 is 22.1 Å². The van der Waals surface area contributed by atoms with Crippen LogP contribution in [-0.2, 0) is 25.6 Å². The van der Waals surface area contributed by atoms with Gasteiger partial charge in [-0.15, -0.1) is 0 Å². The molecular formula is C20H30N4O7. The molecule has 0 aliphatic heterocycles. The number of carboxylic acids is 2. The summed E-state index contributed by atoms with van der Waals surface area (Å²) in [7, 11) is 0. The molecule has 9 N–H and O–H groups in total. The topological polar surface area (TPSA) is 205 Å². The molecule has 0 saturated heterocycles. The van der Waals surface area contributed by atoms with Gasteiger partial charge in [-0.2, -0.15) is 0 Å². The molecule has 0 aliphatic carbocycles. The second-order valence-electron chi connectivity index (χ2n) is 7.15. The molecule has 0 heterocycles. The van der Waals surface area contributed by atoms with Crippen LogP contribution in [0.3, 0.4) is 0 Å². The third-order valence-corrected chi connectivity index (χ3v) is 4.57. The Balaban J connectivity index is 2.79. The van der Waals surface area contributed by atoms with Crippen molar-refractivity contribution in [3.63, 3.8) is 0 Å². The fourth-order valence-electron chi connectivity index (χ4n) is 2.82. The summed E-state index contributed by atoms with van der Waals surface area (Å²) in [4.78, 5) is 47.4. The molecule has 1 rings (SSSR count). The van der Waals surface area contributed by atoms with Gasteiger partial charge in [0.15, 0.2) is 0 Å². The Labute approximate surface area is 179 Å². The van der Waals surface area contributed by atoms with Crippen molar-refractivity contribution in [3.8, 4) is 5.75 Å². The van der Waals surface area contributed by atoms with Crippen LogP contribution in [0, 0.1) is 0 Å². The van der Waals surface area contributed by atoms with E-state index in [-0.39, 0.29) is 25.0 Å². The zero-order chi connectivity index (χ0) is 23.4. The molecule has 0 bridgehead atoms. The van der Waals surface area contributed by atoms with Gasteiger partial charge in [-0.05, 0) is 56.3 Å². The van der Waals surface area contributed by atoms with Crippen molar-refractivity contribution >= 4 is 23.8 Å². The minimum absolute atomic E-state index is 0.0617. The van der Waals surface area contributed by atoms with Gasteiger partial charge < -0.3 is 37.4 Å². The van der Waals surface area contributed by atoms with E-state index in [1.165, 1.54) is 12.1 Å². The molecule has 0 aromatic heterocycles. The Morgan fingerprint density at radius 3 is 2.06 bits per heavy atom. The number of rotatable bonds is 14. The molecular weight excluding hydrogens is 408 g/mol. The first-order chi connectivity index (χ1) is 14.6. The first kappa shape index (κ1) is 25.9. The number of aliphatic carboxylic acids is 2. The van der Waals surface area contributed by atoms with E-state index in [2.05, 4.69) is 10.6 Å². The summed E-state index contributed by atoms with van der Waals surface area (Å²) >= 11 is 0. The van der Waals surface area contributed by atoms with Crippen molar-refractivity contribution in [1.29, 1.82) is 0 Å². The first-order valence-corrected chi connectivity index (χ1v) is 9.93. The predicted molar refractivity (Wildman–Crippen MR) is 111 cm³/mol. The number of aromatic hydroxyl groups is 1. The molecule has 0 saturated carbocycles. The number of unbranched alkanes of at least 4 members (excludes halogenated alkanes) is 1. The Kier molecular flexibility index (Phi) is 11.0. The number of carbonyl (C=O) groups excluding carboxylic acids is 2. The molecule has 1 aromatic carbocycles. The lowest BCUT2D eigenvalue weighted by atomic mass is 10.0. The van der Waals surface area contributed by atoms with Crippen molar-refractivity contribution in [2.75, 3.05) is 6.54 Å². The van der Waals surface area contributed by atoms with Crippen molar-refractivity contribution in [2.45, 2.75) is 56.7 Å². The Bertz CT molecular complexity index is 754. The highest BCUT2D eigenvalue weighted by molar-refractivity contribution is 5.92. The number of nitrogens with two attached hydrogens (primary N) is 2. The molecule has 3 atom stereocenters. The molecule has 0 spiro atoms. The van der Waals surface area contributed by atoms with Crippen molar-refractivity contribution < 1.29 is 34.5 Å². The van der Waals surface area contributed by atoms with Gasteiger partial charge in [0, 0.05) is 6.42 Å². The van der Waals surface area contributed by atoms with Crippen LogP contribution in [0.4, 0.5) is 0 Å². The van der Waals surface area contributed by atoms with Gasteiger partial charge in [-0.3, -0.25) is 14.4 Å². The van der Waals surface area contributed by atoms with E-state index in [9.17, 15) is 29.4 Å². The van der Waals surface area contributed by atoms with Gasteiger partial charge in [0.25, 0.3) is 0 Å². The van der Waals surface area contributed by atoms with Crippen LogP contribution in [0.2, 0.25) is 0 Å². The lowest BCUT2D eigenvalue weighted by molar-refractivity contribution is -0.143. The van der Waals surface area contributed by atoms with Crippen molar-refractivity contribution in [1.82, 2.24) is 10.6 Å². The quantitative estimate of drug-likeness (QED) is 0.183. The molecule has 0 fully saturated rings. The fourth-order valence-corrected chi connectivity index (χ4v) is 2.82. The average Bonchev–Trinajstić information content (AvgIpc) is 2.71. The van der Waals surface area contributed by atoms with E-state index in [4.69, 9.17) is 16.6 Å². The highest BCUT2D eigenvalue weighted by atomic mass is 16.4. The van der Waals surface area contributed by atoms with Gasteiger partial charge in [-0.25, -0.2) is 4.79 Å². The lowest BCUT2D eigenvalue weighted by Gasteiger charge is -2.22. The lowest BCUT2D eigenvalue weighted by Crippen LogP contribution is -2.54. The highest BCUT2D eigenvalue weighted by Gasteiger charge is 2.28. The number of nitrogens with one attached hydrogen (secondary N) is 2. The van der Waals surface area contributed by atoms with Crippen LogP contribution in [0.5, 0.6) is 5.75 Å². The minimum atomic E-state index is -1.26. The summed E-state index contributed by atoms with van der Waals surface area (Å²) in [6, 6.07) is 2.59. The second-order valence-corrected chi connectivity index (χ2v) is 7.15. The molecule has 11 nitrogen and oxygen atoms in total. The van der Waals surface area contributed by atoms with Crippen molar-refractivity contribution in [2.24, 2.45) is 11.5 Å². The number of amides is 2. The van der Waals surface area contributed by atoms with E-state index in [1.54, 1.807) is 12.1 Å². The van der Waals surface area contributed by atoms with Crippen LogP contribution in [0.15, 0.2) is 24.3 Å². The number of phenols is 1. The molecule has 31 heavy (non-hydrogen) atoms. The zero-order valence-electron chi connectivity index (χ0n) is 17.1. The number of carbonyl (C=O) groups is 4. The summed E-state index contributed by atoms with van der Waals surface area (Å²) in [6.45, 7) is 0.385. The van der Waals surface area contributed by atoms with E-state index in [0.717, 1.165) is 0 Å². The van der Waals surface area contributed by atoms with E-state index in [1.807, 2.05) is 0 Å². The van der Waals surface area contributed by atoms with Gasteiger partial charge in [0.2, 0.25) is 11.8 Å². The molecule has 0 radical (unpaired) electrons. The maximum atomic E-state index is 12.6. The molecule has 11 heteroatoms. The standard InChI is InChI=1S/C20H30N4O7/c21-10-2-1-3-16(20(30)31)24-19(29)15(8-9-17(26)27)23-18(28)14(22)11-12-4-6-13(25)7-5-12/h4-7,14-16,25H,1-3,8-11,21-22H2,(H,23,28)(H,24,29)(H,26,27)(H,30,31). The van der Waals surface area contributed by atoms with Crippen LogP contribution in [0.25, 0.3) is 0 Å². The van der Waals surface area contributed by atoms with Gasteiger partial charge in [0.05, 0.1) is 6.04 Å². The van der Waals surface area contributed by atoms with Gasteiger partial charge in [-0.1, -0.05) is 12.1 Å². The van der Waals surface area contributed by atoms with E-state index >= 15 is 0 Å². The predicted octanol–water partition coefficient (Wildman–Crippen LogP) is -0.690. The summed E-state index contributed by atoms with van der Waals surface area (Å²) in [6.07, 6.45) is 0.710. The van der Waals surface area contributed by atoms with Crippen LogP contribution in [0.1, 0.15) is 37.7 Å². The highest BCUT2D eigenvalue weighted by Crippen LogP contribution is 2.11. The SMILES string of the molecule is NCCCCC(NC(=O)C(CCC(=O)O)NC(=O)C(N)Cc1ccc(O)cc1)C(=O)O. The van der Waals surface area contributed by atoms with E-state index < -0.39 is 48.3 Å². The summed E-state index contributed by atoms with van der Waals surface area (Å²) in [5.74, 6) is -3.83. The third-order valence-electron chi connectivity index (χ3n) is 4.57. The molecule has 1 aromatic rings. The van der Waals surface area contributed by atoms with Crippen LogP contribution in [-0.4, -0.2) is 63.7 Å². The monoisotopic (exact) mass is 438 g/mol. The number of hydrogen-bond donors (Lipinski definition) is 7. The van der Waals surface area contributed by atoms with Crippen molar-refractivity contribution in [3.05, 3.63) is 29.8 Å². The average molecular weight is 438 g/mol. The number of benzene rings is 1. The normalized spacial score (nSPS) is 13.6. The third kappa shape index (κ3) is 9.92. The zero-order valence-corrected chi connectivity index (χ0v) is 17.1. The molecule has 172 valence electrons. The van der Waals surface area contributed by atoms with Crippen LogP contribution >= 0.6 is 0 Å². The Hall–Kier alpha value is -3.18. The number of carboxylic acid groups (broad SMARTS) is 2. The summed E-state index contributed by atoms with van der Waals surface area (Å²) in [5, 5.41) is 32.3.